The summed E-state index contributed by atoms with van der Waals surface area (Å²) in [4.78, 5) is 1.96. The van der Waals surface area contributed by atoms with E-state index in [2.05, 4.69) is 20.8 Å². The molecule has 5 nitrogen and oxygen atoms in total. The van der Waals surface area contributed by atoms with Crippen molar-refractivity contribution in [2.45, 2.75) is 70.2 Å². The van der Waals surface area contributed by atoms with Gasteiger partial charge in [-0.1, -0.05) is 20.8 Å². The van der Waals surface area contributed by atoms with Crippen molar-refractivity contribution in [3.05, 3.63) is 29.8 Å². The first-order chi connectivity index (χ1) is 13.9. The van der Waals surface area contributed by atoms with Crippen molar-refractivity contribution in [3.63, 3.8) is 0 Å². The van der Waals surface area contributed by atoms with Gasteiger partial charge < -0.3 is 20.1 Å². The summed E-state index contributed by atoms with van der Waals surface area (Å²) in [6.07, 6.45) is 2.68. The molecule has 1 saturated heterocycles. The van der Waals surface area contributed by atoms with Crippen LogP contribution in [0.5, 0.6) is 5.75 Å². The van der Waals surface area contributed by atoms with Gasteiger partial charge in [-0.25, -0.2) is 8.78 Å². The van der Waals surface area contributed by atoms with Gasteiger partial charge in [0.2, 0.25) is 0 Å². The number of aliphatic hydroxyl groups is 3. The van der Waals surface area contributed by atoms with Gasteiger partial charge in [0, 0.05) is 37.8 Å². The Morgan fingerprint density at radius 2 is 1.67 bits per heavy atom. The summed E-state index contributed by atoms with van der Waals surface area (Å²) in [5.74, 6) is -0.992. The van der Waals surface area contributed by atoms with Crippen LogP contribution >= 0.6 is 0 Å². The molecule has 0 aromatic heterocycles. The molecule has 0 bridgehead atoms. The molecule has 3 rings (SSSR count). The van der Waals surface area contributed by atoms with Crippen molar-refractivity contribution in [2.24, 2.45) is 11.3 Å². The molecule has 1 aromatic carbocycles. The molecule has 7 heteroatoms. The predicted octanol–water partition coefficient (Wildman–Crippen LogP) is 3.11. The molecule has 2 fully saturated rings. The molecule has 1 aliphatic carbocycles. The zero-order valence-corrected chi connectivity index (χ0v) is 18.2. The van der Waals surface area contributed by atoms with E-state index in [4.69, 9.17) is 4.74 Å². The number of piperidine rings is 1. The Bertz CT molecular complexity index is 710. The van der Waals surface area contributed by atoms with Crippen LogP contribution in [0.2, 0.25) is 0 Å². The number of hydrogen-bond acceptors (Lipinski definition) is 5. The van der Waals surface area contributed by atoms with E-state index < -0.39 is 28.9 Å². The molecule has 3 N–H and O–H groups in total. The average Bonchev–Trinajstić information content (AvgIpc) is 2.62. The first-order valence-corrected chi connectivity index (χ1v) is 10.8. The SMILES string of the molecule is CC(C)(C)C1CCC(O)(CN2CC[C@H](O)[C@@](O)(COc3cc(F)cc(F)c3)C2)CC1. The molecule has 1 heterocycles. The lowest BCUT2D eigenvalue weighted by Gasteiger charge is -2.47. The maximum absolute atomic E-state index is 13.4. The number of aliphatic hydroxyl groups excluding tert-OH is 1. The summed E-state index contributed by atoms with van der Waals surface area (Å²) in [6.45, 7) is 7.52. The number of likely N-dealkylation sites (tertiary alicyclic amines) is 1. The minimum atomic E-state index is -1.58. The molecular weight excluding hydrogens is 392 g/mol. The molecule has 170 valence electrons. The normalized spacial score (nSPS) is 33.5. The number of nitrogens with zero attached hydrogens (tertiary/aromatic N) is 1. The van der Waals surface area contributed by atoms with E-state index >= 15 is 0 Å². The second-order valence-electron chi connectivity index (χ2n) is 10.4. The Balaban J connectivity index is 1.59. The minimum absolute atomic E-state index is 0.0376. The van der Waals surface area contributed by atoms with Gasteiger partial charge in [-0.3, -0.25) is 4.90 Å². The third-order valence-corrected chi connectivity index (χ3v) is 6.82. The highest BCUT2D eigenvalue weighted by atomic mass is 19.1. The molecule has 0 spiro atoms. The van der Waals surface area contributed by atoms with Gasteiger partial charge in [0.05, 0.1) is 11.7 Å². The Kier molecular flexibility index (Phi) is 6.77. The van der Waals surface area contributed by atoms with E-state index in [0.717, 1.165) is 31.0 Å². The first kappa shape index (κ1) is 23.4. The smallest absolute Gasteiger partial charge is 0.137 e. The summed E-state index contributed by atoms with van der Waals surface area (Å²) in [7, 11) is 0. The zero-order valence-electron chi connectivity index (χ0n) is 18.2. The number of β-amino-alcohol motifs (C(OH)–C–C–N with tert-alkyl or cyclic N) is 2. The average molecular weight is 428 g/mol. The summed E-state index contributed by atoms with van der Waals surface area (Å²) in [5, 5.41) is 32.5. The van der Waals surface area contributed by atoms with E-state index in [1.165, 1.54) is 0 Å². The van der Waals surface area contributed by atoms with E-state index in [1.54, 1.807) is 0 Å². The van der Waals surface area contributed by atoms with Gasteiger partial charge >= 0.3 is 0 Å². The van der Waals surface area contributed by atoms with E-state index in [1.807, 2.05) is 4.90 Å². The van der Waals surface area contributed by atoms with Crippen LogP contribution in [0.3, 0.4) is 0 Å². The van der Waals surface area contributed by atoms with Crippen molar-refractivity contribution < 1.29 is 28.8 Å². The van der Waals surface area contributed by atoms with Gasteiger partial charge in [-0.2, -0.15) is 0 Å². The fraction of sp³-hybridized carbons (Fsp3) is 0.739. The molecule has 2 aliphatic rings. The van der Waals surface area contributed by atoms with Gasteiger partial charge in [0.15, 0.2) is 0 Å². The van der Waals surface area contributed by atoms with Gasteiger partial charge in [0.25, 0.3) is 0 Å². The van der Waals surface area contributed by atoms with Gasteiger partial charge in [-0.05, 0) is 43.4 Å². The molecule has 0 radical (unpaired) electrons. The molecule has 0 amide bonds. The highest BCUT2D eigenvalue weighted by molar-refractivity contribution is 5.24. The van der Waals surface area contributed by atoms with Crippen LogP contribution < -0.4 is 4.74 Å². The summed E-state index contributed by atoms with van der Waals surface area (Å²) in [6, 6.07) is 2.82. The lowest BCUT2D eigenvalue weighted by atomic mass is 9.68. The van der Waals surface area contributed by atoms with Crippen LogP contribution in [-0.4, -0.2) is 63.8 Å². The third kappa shape index (κ3) is 5.69. The van der Waals surface area contributed by atoms with E-state index in [-0.39, 0.29) is 24.3 Å². The highest BCUT2D eigenvalue weighted by Crippen LogP contribution is 2.42. The van der Waals surface area contributed by atoms with Crippen LogP contribution in [0.1, 0.15) is 52.9 Å². The maximum Gasteiger partial charge on any atom is 0.137 e. The Hall–Kier alpha value is -1.28. The van der Waals surface area contributed by atoms with Crippen molar-refractivity contribution in [1.82, 2.24) is 4.90 Å². The number of hydrogen-bond donors (Lipinski definition) is 3. The van der Waals surface area contributed by atoms with E-state index in [9.17, 15) is 24.1 Å². The fourth-order valence-electron chi connectivity index (χ4n) is 4.84. The molecule has 2 atom stereocenters. The Morgan fingerprint density at radius 3 is 2.23 bits per heavy atom. The zero-order chi connectivity index (χ0) is 22.2. The summed E-state index contributed by atoms with van der Waals surface area (Å²) in [5.41, 5.74) is -2.16. The molecular formula is C23H35F2NO4. The second kappa shape index (κ2) is 8.69. The number of ether oxygens (including phenoxy) is 1. The lowest BCUT2D eigenvalue weighted by Crippen LogP contribution is -2.62. The molecule has 30 heavy (non-hydrogen) atoms. The maximum atomic E-state index is 13.4. The summed E-state index contributed by atoms with van der Waals surface area (Å²) < 4.78 is 32.1. The standard InChI is InChI=1S/C23H35F2NO4/c1-21(2,3)16-4-7-22(28,8-5-16)13-26-9-6-20(27)23(29,14-26)15-30-19-11-17(24)10-18(25)12-19/h10-12,16,20,27-29H,4-9,13-15H2,1-3H3/t16?,20-,22?,23-/m0/s1. The molecule has 1 aliphatic heterocycles. The largest absolute Gasteiger partial charge is 0.490 e. The first-order valence-electron chi connectivity index (χ1n) is 10.8. The summed E-state index contributed by atoms with van der Waals surface area (Å²) >= 11 is 0. The van der Waals surface area contributed by atoms with Crippen LogP contribution in [0.4, 0.5) is 8.78 Å². The molecule has 0 unspecified atom stereocenters. The topological polar surface area (TPSA) is 73.2 Å². The van der Waals surface area contributed by atoms with Gasteiger partial charge in [-0.15, -0.1) is 0 Å². The molecule has 1 aromatic rings. The number of benzene rings is 1. The number of halogens is 2. The van der Waals surface area contributed by atoms with E-state index in [0.29, 0.717) is 38.3 Å². The van der Waals surface area contributed by atoms with Crippen molar-refractivity contribution >= 4 is 0 Å². The monoisotopic (exact) mass is 427 g/mol. The number of rotatable bonds is 5. The second-order valence-corrected chi connectivity index (χ2v) is 10.4. The highest BCUT2D eigenvalue weighted by Gasteiger charge is 2.45. The van der Waals surface area contributed by atoms with Crippen molar-refractivity contribution in [2.75, 3.05) is 26.2 Å². The minimum Gasteiger partial charge on any atom is -0.490 e. The van der Waals surface area contributed by atoms with Crippen LogP contribution in [0, 0.1) is 23.0 Å². The molecule has 1 saturated carbocycles. The van der Waals surface area contributed by atoms with Crippen LogP contribution in [-0.2, 0) is 0 Å². The third-order valence-electron chi connectivity index (χ3n) is 6.82. The fourth-order valence-corrected chi connectivity index (χ4v) is 4.84. The van der Waals surface area contributed by atoms with Crippen LogP contribution in [0.25, 0.3) is 0 Å². The predicted molar refractivity (Wildman–Crippen MR) is 110 cm³/mol. The Labute approximate surface area is 177 Å². The van der Waals surface area contributed by atoms with Crippen LogP contribution in [0.15, 0.2) is 18.2 Å². The quantitative estimate of drug-likeness (QED) is 0.674. The van der Waals surface area contributed by atoms with Gasteiger partial charge in [0.1, 0.15) is 29.6 Å². The van der Waals surface area contributed by atoms with Crippen molar-refractivity contribution in [1.29, 1.82) is 0 Å². The Morgan fingerprint density at radius 1 is 1.07 bits per heavy atom. The lowest BCUT2D eigenvalue weighted by molar-refractivity contribution is -0.151. The van der Waals surface area contributed by atoms with Crippen molar-refractivity contribution in [3.8, 4) is 5.75 Å².